The zero-order valence-electron chi connectivity index (χ0n) is 3.07. The molecule has 0 amide bonds. The van der Waals surface area contributed by atoms with Gasteiger partial charge in [-0.05, 0) is 0 Å². The molecule has 0 aromatic carbocycles. The third-order valence-corrected chi connectivity index (χ3v) is 0. The molecule has 3 radical (unpaired) electrons. The van der Waals surface area contributed by atoms with Crippen LogP contribution < -0.4 is 0 Å². The largest absolute Gasteiger partial charge is 0.245 e. The van der Waals surface area contributed by atoms with Crippen molar-refractivity contribution >= 4 is 17.4 Å². The van der Waals surface area contributed by atoms with Gasteiger partial charge in [-0.15, -0.1) is 0 Å². The smallest absolute Gasteiger partial charge is 0 e. The van der Waals surface area contributed by atoms with Gasteiger partial charge >= 0.3 is 0 Å². The first kappa shape index (κ1) is 16.9. The molecule has 0 spiro atoms. The van der Waals surface area contributed by atoms with Gasteiger partial charge in [-0.2, -0.15) is 0 Å². The molecular weight excluding hydrogens is 111 g/mol. The summed E-state index contributed by atoms with van der Waals surface area (Å²) in [7, 11) is 0. The predicted octanol–water partition coefficient (Wildman–Crippen LogP) is 0.623. The normalized spacial score (nSPS) is 2.40. The van der Waals surface area contributed by atoms with Gasteiger partial charge in [0, 0.05) is 39.1 Å². The number of hydrogen-bond acceptors (Lipinski definition) is 0. The van der Waals surface area contributed by atoms with E-state index in [0.29, 0.717) is 0 Å². The Morgan fingerprint density at radius 2 is 1.60 bits per heavy atom. The molecular formula is C3H5AlTi-. The third-order valence-electron chi connectivity index (χ3n) is 0. The molecule has 0 aliphatic heterocycles. The van der Waals surface area contributed by atoms with Crippen molar-refractivity contribution in [3.8, 4) is 0 Å². The zero-order valence-corrected chi connectivity index (χ0v) is 5.79. The van der Waals surface area contributed by atoms with Gasteiger partial charge in [0.15, 0.2) is 0 Å². The Kier molecular flexibility index (Phi) is 70.9. The number of hydrogen-bond donors (Lipinski definition) is 0. The molecule has 0 aromatic heterocycles. The molecule has 0 saturated carbocycles. The predicted molar refractivity (Wildman–Crippen MR) is 21.3 cm³/mol. The van der Waals surface area contributed by atoms with Crippen LogP contribution in [0.2, 0.25) is 0 Å². The standard InChI is InChI=1S/C3H5.Al.Ti/c1-3-2;;/h3H,1-2H2;;/q-1;;. The van der Waals surface area contributed by atoms with Crippen LogP contribution in [-0.2, 0) is 21.7 Å². The van der Waals surface area contributed by atoms with Gasteiger partial charge in [-0.1, -0.05) is 0 Å². The number of allylic oxidation sites excluding steroid dienone is 1. The molecule has 0 aliphatic carbocycles. The molecule has 0 aromatic rings. The molecule has 0 bridgehead atoms. The van der Waals surface area contributed by atoms with Gasteiger partial charge in [-0.25, -0.2) is 19.6 Å². The van der Waals surface area contributed by atoms with Crippen LogP contribution in [0.25, 0.3) is 0 Å². The second-order valence-corrected chi connectivity index (χ2v) is 0.289. The van der Waals surface area contributed by atoms with Crippen molar-refractivity contribution in [2.75, 3.05) is 0 Å². The zero-order chi connectivity index (χ0) is 2.71. The van der Waals surface area contributed by atoms with Crippen molar-refractivity contribution in [2.24, 2.45) is 0 Å². The van der Waals surface area contributed by atoms with Crippen molar-refractivity contribution in [3.05, 3.63) is 19.6 Å². The van der Waals surface area contributed by atoms with Crippen LogP contribution in [0.1, 0.15) is 0 Å². The van der Waals surface area contributed by atoms with Crippen LogP contribution in [0, 0.1) is 6.92 Å². The Labute approximate surface area is 58.7 Å². The summed E-state index contributed by atoms with van der Waals surface area (Å²) in [6.07, 6.45) is 1.50. The topological polar surface area (TPSA) is 0 Å². The first-order valence-corrected chi connectivity index (χ1v) is 0.816. The maximum Gasteiger partial charge on any atom is 0 e. The minimum atomic E-state index is 0. The molecule has 0 N–H and O–H groups in total. The fraction of sp³-hybridized carbons (Fsp3) is 0. The van der Waals surface area contributed by atoms with Crippen LogP contribution in [0.3, 0.4) is 0 Å². The Hall–Kier alpha value is 0.857. The van der Waals surface area contributed by atoms with Gasteiger partial charge in [-0.3, -0.25) is 0 Å². The summed E-state index contributed by atoms with van der Waals surface area (Å²) in [5.74, 6) is 0. The van der Waals surface area contributed by atoms with Crippen LogP contribution in [-0.4, -0.2) is 17.4 Å². The van der Waals surface area contributed by atoms with E-state index < -0.39 is 0 Å². The minimum Gasteiger partial charge on any atom is -0.245 e. The summed E-state index contributed by atoms with van der Waals surface area (Å²) in [6.45, 7) is 6.50. The van der Waals surface area contributed by atoms with Gasteiger partial charge in [0.2, 0.25) is 0 Å². The summed E-state index contributed by atoms with van der Waals surface area (Å²) in [4.78, 5) is 0. The van der Waals surface area contributed by atoms with E-state index in [9.17, 15) is 0 Å². The Morgan fingerprint density at radius 1 is 1.60 bits per heavy atom. The minimum absolute atomic E-state index is 0. The first-order valence-electron chi connectivity index (χ1n) is 0.816. The van der Waals surface area contributed by atoms with E-state index in [2.05, 4.69) is 13.5 Å². The van der Waals surface area contributed by atoms with E-state index >= 15 is 0 Å². The second kappa shape index (κ2) is 21.0. The molecule has 0 atom stereocenters. The van der Waals surface area contributed by atoms with Crippen molar-refractivity contribution in [1.29, 1.82) is 0 Å². The summed E-state index contributed by atoms with van der Waals surface area (Å²) < 4.78 is 0. The molecule has 0 saturated heterocycles. The summed E-state index contributed by atoms with van der Waals surface area (Å²) in [5, 5.41) is 0. The molecule has 2 heteroatoms. The Bertz CT molecular complexity index is 14.4. The van der Waals surface area contributed by atoms with E-state index in [0.717, 1.165) is 0 Å². The second-order valence-electron chi connectivity index (χ2n) is 0.289. The van der Waals surface area contributed by atoms with Crippen LogP contribution in [0.5, 0.6) is 0 Å². The summed E-state index contributed by atoms with van der Waals surface area (Å²) >= 11 is 0. The average molecular weight is 116 g/mol. The Morgan fingerprint density at radius 3 is 1.60 bits per heavy atom. The third kappa shape index (κ3) is 54.0. The molecule has 5 heavy (non-hydrogen) atoms. The molecule has 0 rings (SSSR count). The van der Waals surface area contributed by atoms with Gasteiger partial charge in [0.1, 0.15) is 0 Å². The van der Waals surface area contributed by atoms with Gasteiger partial charge in [0.05, 0.1) is 0 Å². The fourth-order valence-electron chi connectivity index (χ4n) is 0. The average Bonchev–Trinajstić information content (AvgIpc) is 0.918. The maximum absolute atomic E-state index is 3.25. The van der Waals surface area contributed by atoms with Crippen molar-refractivity contribution < 1.29 is 21.7 Å². The van der Waals surface area contributed by atoms with E-state index in [4.69, 9.17) is 0 Å². The van der Waals surface area contributed by atoms with Crippen molar-refractivity contribution in [3.63, 3.8) is 0 Å². The fourth-order valence-corrected chi connectivity index (χ4v) is 0. The van der Waals surface area contributed by atoms with Gasteiger partial charge in [0.25, 0.3) is 0 Å². The summed E-state index contributed by atoms with van der Waals surface area (Å²) in [6, 6.07) is 0. The molecule has 0 unspecified atom stereocenters. The molecule has 0 aliphatic rings. The van der Waals surface area contributed by atoms with Crippen molar-refractivity contribution in [1.82, 2.24) is 0 Å². The van der Waals surface area contributed by atoms with E-state index in [1.54, 1.807) is 0 Å². The molecule has 0 fully saturated rings. The molecule has 25 valence electrons. The Balaban J connectivity index is -0.0000000200. The van der Waals surface area contributed by atoms with Crippen LogP contribution in [0.4, 0.5) is 0 Å². The van der Waals surface area contributed by atoms with Crippen LogP contribution in [0.15, 0.2) is 12.7 Å². The van der Waals surface area contributed by atoms with Crippen molar-refractivity contribution in [2.45, 2.75) is 0 Å². The van der Waals surface area contributed by atoms with Crippen LogP contribution >= 0.6 is 0 Å². The van der Waals surface area contributed by atoms with E-state index in [1.165, 1.54) is 6.08 Å². The number of rotatable bonds is 0. The quantitative estimate of drug-likeness (QED) is 0.321. The summed E-state index contributed by atoms with van der Waals surface area (Å²) in [5.41, 5.74) is 0. The van der Waals surface area contributed by atoms with Gasteiger partial charge < -0.3 is 0 Å². The first-order chi connectivity index (χ1) is 1.41. The van der Waals surface area contributed by atoms with E-state index in [-0.39, 0.29) is 39.1 Å². The monoisotopic (exact) mass is 116 g/mol. The maximum atomic E-state index is 3.25. The SMILES string of the molecule is C=C[CH2-].[Al].[Ti]. The van der Waals surface area contributed by atoms with E-state index in [1.807, 2.05) is 0 Å². The molecule has 0 heterocycles. The molecule has 0 nitrogen and oxygen atoms in total.